The first-order valence-electron chi connectivity index (χ1n) is 4.59. The Bertz CT molecular complexity index is 491. The van der Waals surface area contributed by atoms with Gasteiger partial charge < -0.3 is 0 Å². The minimum absolute atomic E-state index is 0.171. The molecule has 1 heterocycles. The number of hydrogen-bond acceptors (Lipinski definition) is 3. The van der Waals surface area contributed by atoms with E-state index in [1.54, 1.807) is 0 Å². The van der Waals surface area contributed by atoms with E-state index in [0.29, 0.717) is 0 Å². The zero-order valence-electron chi connectivity index (χ0n) is 9.24. The van der Waals surface area contributed by atoms with Crippen LogP contribution in [-0.2, 0) is 5.92 Å². The lowest BCUT2D eigenvalue weighted by molar-refractivity contribution is -0.289. The molecule has 0 bridgehead atoms. The molecule has 0 atom stereocenters. The van der Waals surface area contributed by atoms with Crippen LogP contribution in [0.2, 0.25) is 0 Å². The lowest BCUT2D eigenvalue weighted by Gasteiger charge is -2.20. The highest BCUT2D eigenvalue weighted by atomic mass is 32.2. The molecule has 1 rings (SSSR count). The van der Waals surface area contributed by atoms with E-state index in [4.69, 9.17) is 0 Å². The first kappa shape index (κ1) is 17.8. The molecule has 0 aliphatic rings. The van der Waals surface area contributed by atoms with E-state index in [9.17, 15) is 43.9 Å². The first-order chi connectivity index (χ1) is 9.18. The molecule has 0 unspecified atom stereocenters. The average Bonchev–Trinajstić information content (AvgIpc) is 2.26. The predicted molar refractivity (Wildman–Crippen MR) is 48.8 cm³/mol. The van der Waals surface area contributed by atoms with Crippen LogP contribution in [0.1, 0.15) is 5.56 Å². The van der Waals surface area contributed by atoms with Crippen molar-refractivity contribution in [2.45, 2.75) is 28.7 Å². The molecule has 0 saturated carbocycles. The van der Waals surface area contributed by atoms with Gasteiger partial charge in [-0.15, -0.1) is 0 Å². The topological polar surface area (TPSA) is 25.8 Å². The smallest absolute Gasteiger partial charge is 0.230 e. The number of halogens is 10. The normalized spacial score (nSPS) is 14.4. The highest BCUT2D eigenvalue weighted by Crippen LogP contribution is 2.47. The molecule has 13 heteroatoms. The fourth-order valence-corrected chi connectivity index (χ4v) is 1.42. The van der Waals surface area contributed by atoms with Gasteiger partial charge in [0.25, 0.3) is 0 Å². The van der Waals surface area contributed by atoms with Gasteiger partial charge in [-0.05, 0) is 11.8 Å². The molecule has 0 N–H and O–H groups in total. The fraction of sp³-hybridized carbons (Fsp3) is 0.500. The molecular formula is C8H2F10N2S. The Morgan fingerprint density at radius 2 is 1.14 bits per heavy atom. The van der Waals surface area contributed by atoms with Crippen LogP contribution in [0.5, 0.6) is 0 Å². The summed E-state index contributed by atoms with van der Waals surface area (Å²) < 4.78 is 122. The monoisotopic (exact) mass is 348 g/mol. The summed E-state index contributed by atoms with van der Waals surface area (Å²) in [6, 6.07) is 0. The van der Waals surface area contributed by atoms with E-state index >= 15 is 0 Å². The summed E-state index contributed by atoms with van der Waals surface area (Å²) in [5.74, 6) is -5.36. The van der Waals surface area contributed by atoms with E-state index in [1.165, 1.54) is 0 Å². The lowest BCUT2D eigenvalue weighted by atomic mass is 10.2. The molecule has 0 aromatic carbocycles. The second-order valence-corrected chi connectivity index (χ2v) is 4.53. The van der Waals surface area contributed by atoms with Gasteiger partial charge in [-0.3, -0.25) is 0 Å². The van der Waals surface area contributed by atoms with Crippen LogP contribution in [0.25, 0.3) is 0 Å². The molecule has 1 aromatic rings. The van der Waals surface area contributed by atoms with Crippen molar-refractivity contribution in [3.8, 4) is 0 Å². The fourth-order valence-electron chi connectivity index (χ4n) is 0.867. The molecular weight excluding hydrogens is 346 g/mol. The maximum Gasteiger partial charge on any atom is 0.464 e. The summed E-state index contributed by atoms with van der Waals surface area (Å²) in [7, 11) is 0. The SMILES string of the molecule is FC(F)(F)C(F)(F)Sc1ncc(C(F)(F)C(F)(F)F)cn1. The number of rotatable bonds is 3. The Morgan fingerprint density at radius 1 is 0.714 bits per heavy atom. The Balaban J connectivity index is 3.00. The minimum atomic E-state index is -5.99. The van der Waals surface area contributed by atoms with Crippen molar-refractivity contribution >= 4 is 11.8 Å². The van der Waals surface area contributed by atoms with E-state index in [1.807, 2.05) is 0 Å². The predicted octanol–water partition coefficient (Wildman–Crippen LogP) is 4.38. The van der Waals surface area contributed by atoms with Crippen molar-refractivity contribution < 1.29 is 43.9 Å². The van der Waals surface area contributed by atoms with Gasteiger partial charge in [-0.2, -0.15) is 43.9 Å². The summed E-state index contributed by atoms with van der Waals surface area (Å²) >= 11 is -1.23. The molecule has 1 aromatic heterocycles. The molecule has 0 fully saturated rings. The highest BCUT2D eigenvalue weighted by molar-refractivity contribution is 8.00. The highest BCUT2D eigenvalue weighted by Gasteiger charge is 2.60. The van der Waals surface area contributed by atoms with Crippen molar-refractivity contribution in [2.24, 2.45) is 0 Å². The molecule has 0 saturated heterocycles. The molecule has 0 aliphatic carbocycles. The van der Waals surface area contributed by atoms with Crippen LogP contribution in [0, 0.1) is 0 Å². The van der Waals surface area contributed by atoms with E-state index in [2.05, 4.69) is 9.97 Å². The minimum Gasteiger partial charge on any atom is -0.230 e. The van der Waals surface area contributed by atoms with Crippen LogP contribution in [0.15, 0.2) is 17.6 Å². The molecule has 0 radical (unpaired) electrons. The van der Waals surface area contributed by atoms with Crippen LogP contribution < -0.4 is 0 Å². The Morgan fingerprint density at radius 3 is 1.48 bits per heavy atom. The molecule has 0 aliphatic heterocycles. The third-order valence-electron chi connectivity index (χ3n) is 1.90. The average molecular weight is 348 g/mol. The third-order valence-corrected chi connectivity index (χ3v) is 2.78. The molecule has 120 valence electrons. The Labute approximate surface area is 113 Å². The molecule has 0 spiro atoms. The van der Waals surface area contributed by atoms with Gasteiger partial charge in [0.2, 0.25) is 0 Å². The zero-order valence-corrected chi connectivity index (χ0v) is 10.1. The van der Waals surface area contributed by atoms with E-state index in [0.717, 1.165) is 0 Å². The van der Waals surface area contributed by atoms with Gasteiger partial charge in [0, 0.05) is 12.4 Å². The van der Waals surface area contributed by atoms with E-state index < -0.39 is 46.0 Å². The summed E-state index contributed by atoms with van der Waals surface area (Å²) in [5, 5.41) is -6.62. The largest absolute Gasteiger partial charge is 0.464 e. The second-order valence-electron chi connectivity index (χ2n) is 3.44. The van der Waals surface area contributed by atoms with Crippen molar-refractivity contribution in [3.05, 3.63) is 18.0 Å². The van der Waals surface area contributed by atoms with Gasteiger partial charge in [0.1, 0.15) is 0 Å². The second kappa shape index (κ2) is 5.18. The molecule has 21 heavy (non-hydrogen) atoms. The summed E-state index contributed by atoms with van der Waals surface area (Å²) in [6.07, 6.45) is -12.3. The number of aromatic nitrogens is 2. The van der Waals surface area contributed by atoms with Gasteiger partial charge in [-0.1, -0.05) is 0 Å². The third kappa shape index (κ3) is 3.68. The summed E-state index contributed by atoms with van der Waals surface area (Å²) in [5.41, 5.74) is -1.78. The number of thioether (sulfide) groups is 1. The van der Waals surface area contributed by atoms with E-state index in [-0.39, 0.29) is 12.4 Å². The zero-order chi connectivity index (χ0) is 16.7. The van der Waals surface area contributed by atoms with Crippen molar-refractivity contribution in [2.75, 3.05) is 0 Å². The quantitative estimate of drug-likeness (QED) is 0.461. The Kier molecular flexibility index (Phi) is 4.38. The number of hydrogen-bond donors (Lipinski definition) is 0. The van der Waals surface area contributed by atoms with Crippen LogP contribution in [0.4, 0.5) is 43.9 Å². The van der Waals surface area contributed by atoms with Gasteiger partial charge in [0.15, 0.2) is 5.16 Å². The first-order valence-corrected chi connectivity index (χ1v) is 5.41. The van der Waals surface area contributed by atoms with Crippen molar-refractivity contribution in [3.63, 3.8) is 0 Å². The number of alkyl halides is 10. The van der Waals surface area contributed by atoms with Crippen LogP contribution in [-0.4, -0.2) is 27.6 Å². The van der Waals surface area contributed by atoms with Crippen molar-refractivity contribution in [1.82, 2.24) is 9.97 Å². The molecule has 0 amide bonds. The molecule has 2 nitrogen and oxygen atoms in total. The summed E-state index contributed by atoms with van der Waals surface area (Å²) in [4.78, 5) is 5.30. The lowest BCUT2D eigenvalue weighted by Crippen LogP contribution is -2.34. The maximum absolute atomic E-state index is 12.8. The van der Waals surface area contributed by atoms with Gasteiger partial charge in [-0.25, -0.2) is 9.97 Å². The maximum atomic E-state index is 12.8. The van der Waals surface area contributed by atoms with Crippen molar-refractivity contribution in [1.29, 1.82) is 0 Å². The van der Waals surface area contributed by atoms with Gasteiger partial charge in [0.05, 0.1) is 5.56 Å². The standard InChI is InChI=1S/C8H2F10N2S/c9-5(10,6(11,12)13)3-1-19-4(20-2-3)21-8(17,18)7(14,15)16/h1-2H. The Hall–Kier alpha value is -1.27. The summed E-state index contributed by atoms with van der Waals surface area (Å²) in [6.45, 7) is 0. The van der Waals surface area contributed by atoms with Crippen LogP contribution >= 0.6 is 11.8 Å². The van der Waals surface area contributed by atoms with Gasteiger partial charge >= 0.3 is 23.5 Å². The number of nitrogens with zero attached hydrogens (tertiary/aromatic N) is 2. The van der Waals surface area contributed by atoms with Crippen LogP contribution in [0.3, 0.4) is 0 Å².